The van der Waals surface area contributed by atoms with E-state index in [4.69, 9.17) is 13.9 Å². The van der Waals surface area contributed by atoms with Crippen molar-refractivity contribution in [1.29, 1.82) is 0 Å². The topological polar surface area (TPSA) is 94.8 Å². The van der Waals surface area contributed by atoms with Crippen LogP contribution < -0.4 is 10.1 Å². The number of fused-ring (bicyclic) bond motifs is 6. The Balaban J connectivity index is 0.00000101. The quantitative estimate of drug-likeness (QED) is 0.0812. The van der Waals surface area contributed by atoms with Gasteiger partial charge in [0.2, 0.25) is 5.91 Å². The second kappa shape index (κ2) is 46.2. The summed E-state index contributed by atoms with van der Waals surface area (Å²) >= 11 is 1.93. The van der Waals surface area contributed by atoms with Crippen LogP contribution in [0, 0.1) is 17.3 Å². The molecule has 9 rings (SSSR count). The summed E-state index contributed by atoms with van der Waals surface area (Å²) < 4.78 is 19.2. The Morgan fingerprint density at radius 3 is 1.57 bits per heavy atom. The predicted octanol–water partition coefficient (Wildman–Crippen LogP) is 24.3. The van der Waals surface area contributed by atoms with Gasteiger partial charge in [0.25, 0.3) is 0 Å². The molecule has 7 nitrogen and oxygen atoms in total. The first-order valence-corrected chi connectivity index (χ1v) is 33.1. The Kier molecular flexibility index (Phi) is 42.4. The second-order valence-corrected chi connectivity index (χ2v) is 21.2. The lowest BCUT2D eigenvalue weighted by molar-refractivity contribution is -0.148. The Morgan fingerprint density at radius 2 is 1.01 bits per heavy atom. The summed E-state index contributed by atoms with van der Waals surface area (Å²) in [7, 11) is 0. The number of carbonyl (C=O) groups excluding carboxylic acids is 3. The Bertz CT molecular complexity index is 3160. The van der Waals surface area contributed by atoms with E-state index in [0.29, 0.717) is 24.2 Å². The average Bonchev–Trinajstić information content (AvgIpc) is 2.31. The van der Waals surface area contributed by atoms with Gasteiger partial charge in [-0.05, 0) is 117 Å². The number of thiophene rings is 1. The minimum absolute atomic E-state index is 0.0146. The zero-order valence-corrected chi connectivity index (χ0v) is 57.7. The summed E-state index contributed by atoms with van der Waals surface area (Å²) in [5.41, 5.74) is 6.51. The number of nitrogens with one attached hydrogen (secondary N) is 1. The molecule has 0 bridgehead atoms. The number of anilines is 1. The number of ether oxygens (including phenoxy) is 2. The van der Waals surface area contributed by atoms with Gasteiger partial charge in [-0.15, -0.1) is 11.3 Å². The van der Waals surface area contributed by atoms with E-state index in [1.165, 1.54) is 54.1 Å². The molecule has 4 atom stereocenters. The molecule has 470 valence electrons. The largest absolute Gasteiger partial charge is 0.465 e. The predicted molar refractivity (Wildman–Crippen MR) is 378 cm³/mol. The maximum Gasteiger partial charge on any atom is 0.316 e. The van der Waals surface area contributed by atoms with Gasteiger partial charge in [0.15, 0.2) is 0 Å². The highest BCUT2D eigenvalue weighted by Crippen LogP contribution is 2.39. The molecule has 0 aliphatic rings. The van der Waals surface area contributed by atoms with Gasteiger partial charge in [0.05, 0.1) is 17.9 Å². The van der Waals surface area contributed by atoms with Crippen molar-refractivity contribution in [1.82, 2.24) is 0 Å². The fourth-order valence-corrected chi connectivity index (χ4v) is 9.06. The van der Waals surface area contributed by atoms with Crippen LogP contribution in [-0.2, 0) is 25.5 Å². The lowest BCUT2D eigenvalue weighted by Crippen LogP contribution is -2.28. The number of para-hydroxylation sites is 3. The summed E-state index contributed by atoms with van der Waals surface area (Å²) in [6.07, 6.45) is 5.64. The molecule has 4 unspecified atom stereocenters. The maximum atomic E-state index is 11.6. The highest BCUT2D eigenvalue weighted by Gasteiger charge is 2.27. The summed E-state index contributed by atoms with van der Waals surface area (Å²) in [4.78, 5) is 34.4. The molecule has 8 heteroatoms. The molecule has 7 aromatic carbocycles. The van der Waals surface area contributed by atoms with E-state index in [1.54, 1.807) is 12.1 Å². The monoisotopic (exact) mass is 1190 g/mol. The van der Waals surface area contributed by atoms with Crippen molar-refractivity contribution in [2.75, 3.05) is 11.9 Å². The molecule has 1 amide bonds. The van der Waals surface area contributed by atoms with E-state index in [1.807, 2.05) is 220 Å². The van der Waals surface area contributed by atoms with Crippen molar-refractivity contribution < 1.29 is 28.3 Å². The van der Waals surface area contributed by atoms with Gasteiger partial charge in [-0.2, -0.15) is 0 Å². The van der Waals surface area contributed by atoms with E-state index >= 15 is 0 Å². The third-order valence-electron chi connectivity index (χ3n) is 14.1. The summed E-state index contributed by atoms with van der Waals surface area (Å²) in [5, 5.41) is 8.10. The van der Waals surface area contributed by atoms with E-state index < -0.39 is 5.41 Å². The highest BCUT2D eigenvalue weighted by molar-refractivity contribution is 7.26. The number of esters is 2. The molecule has 1 N–H and O–H groups in total. The molecule has 0 spiro atoms. The molecule has 0 saturated heterocycles. The van der Waals surface area contributed by atoms with Crippen LogP contribution in [0.1, 0.15) is 206 Å². The summed E-state index contributed by atoms with van der Waals surface area (Å²) in [6, 6.07) is 59.0. The lowest BCUT2D eigenvalue weighted by Gasteiger charge is -2.19. The van der Waals surface area contributed by atoms with Crippen LogP contribution in [-0.4, -0.2) is 24.5 Å². The van der Waals surface area contributed by atoms with Crippen LogP contribution >= 0.6 is 11.3 Å². The molecular weight excluding hydrogens is 1080 g/mol. The number of furan rings is 1. The molecule has 0 radical (unpaired) electrons. The number of amides is 1. The second-order valence-electron chi connectivity index (χ2n) is 20.1. The number of carbonyl (C=O) groups is 3. The van der Waals surface area contributed by atoms with Crippen molar-refractivity contribution in [3.05, 3.63) is 193 Å². The van der Waals surface area contributed by atoms with Crippen LogP contribution in [0.4, 0.5) is 5.69 Å². The minimum Gasteiger partial charge on any atom is -0.465 e. The van der Waals surface area contributed by atoms with Crippen molar-refractivity contribution in [2.24, 2.45) is 17.3 Å². The maximum absolute atomic E-state index is 11.6. The molecule has 0 aliphatic carbocycles. The van der Waals surface area contributed by atoms with E-state index in [2.05, 4.69) is 106 Å². The minimum atomic E-state index is -0.407. The van der Waals surface area contributed by atoms with Gasteiger partial charge in [-0.1, -0.05) is 265 Å². The Labute approximate surface area is 525 Å². The Hall–Kier alpha value is -7.03. The number of rotatable bonds is 15. The van der Waals surface area contributed by atoms with E-state index in [-0.39, 0.29) is 29.7 Å². The standard InChI is InChI=1S/C16H16O.C16H16S.C13H18O2.C12H16O2.C11H15NO.5C2H6/c1-3-11(2)12-8-9-14-13-6-4-5-7-15(13)17-16(14)10-12;1-3-11(2)12-8-6-9-14-13-7-4-5-10-15(13)17-16(12)14;1-3-11(2)13(14)15-10-9-12-7-5-4-6-8-12;1-4-12(2,3)11(13)14-10-8-6-5-7-9-10;1-3-9(2)11(13)12-10-7-5-4-6-8-10;5*1-2/h2*4-11H,3H2,1-2H3;4-8,11H,3,9-10H2,1-2H3;5-9H,4H2,1-3H3;4-9H,3H2,1-2H3,(H,12,13);5*1-2H3. The summed E-state index contributed by atoms with van der Waals surface area (Å²) in [5.74, 6) is 1.77. The van der Waals surface area contributed by atoms with E-state index in [0.717, 1.165) is 49.0 Å². The van der Waals surface area contributed by atoms with Gasteiger partial charge in [-0.25, -0.2) is 0 Å². The number of hydrogen-bond acceptors (Lipinski definition) is 7. The SMILES string of the molecule is CC.CC.CC.CC.CC.CCC(C)(C)C(=O)Oc1ccccc1.CCC(C)C(=O)Nc1ccccc1.CCC(C)C(=O)OCCc1ccccc1.CCC(C)c1ccc2c(c1)oc1ccccc12.CCC(C)c1cccc2c1sc1ccccc12. The average molecular weight is 1190 g/mol. The van der Waals surface area contributed by atoms with Crippen molar-refractivity contribution in [3.63, 3.8) is 0 Å². The van der Waals surface area contributed by atoms with Crippen molar-refractivity contribution >= 4 is 77.0 Å². The molecule has 86 heavy (non-hydrogen) atoms. The van der Waals surface area contributed by atoms with Gasteiger partial charge in [-0.3, -0.25) is 14.4 Å². The molecule has 2 aromatic heterocycles. The lowest BCUT2D eigenvalue weighted by atomic mass is 9.91. The van der Waals surface area contributed by atoms with Crippen molar-refractivity contribution in [2.45, 2.75) is 196 Å². The molecule has 2 heterocycles. The molecule has 0 fully saturated rings. The molecule has 9 aromatic rings. The molecular formula is C78H111NO6S. The number of benzene rings is 7. The number of hydrogen-bond donors (Lipinski definition) is 1. The van der Waals surface area contributed by atoms with Gasteiger partial charge in [0, 0.05) is 49.0 Å². The highest BCUT2D eigenvalue weighted by atomic mass is 32.1. The summed E-state index contributed by atoms with van der Waals surface area (Å²) in [6.45, 7) is 43.1. The third-order valence-corrected chi connectivity index (χ3v) is 15.4. The first-order valence-electron chi connectivity index (χ1n) is 32.3. The zero-order valence-electron chi connectivity index (χ0n) is 56.9. The van der Waals surface area contributed by atoms with Crippen LogP contribution in [0.2, 0.25) is 0 Å². The zero-order chi connectivity index (χ0) is 65.0. The first-order chi connectivity index (χ1) is 41.6. The molecule has 0 saturated carbocycles. The normalized spacial score (nSPS) is 11.4. The molecule has 0 aliphatic heterocycles. The third kappa shape index (κ3) is 26.7. The Morgan fingerprint density at radius 1 is 0.512 bits per heavy atom. The van der Waals surface area contributed by atoms with Crippen LogP contribution in [0.25, 0.3) is 42.1 Å². The van der Waals surface area contributed by atoms with E-state index in [9.17, 15) is 14.4 Å². The van der Waals surface area contributed by atoms with Crippen molar-refractivity contribution in [3.8, 4) is 5.75 Å². The first kappa shape index (κ1) is 79.0. The fraction of sp³-hybridized carbons (Fsp3) is 0.423. The van der Waals surface area contributed by atoms with Crippen LogP contribution in [0.5, 0.6) is 5.75 Å². The van der Waals surface area contributed by atoms with Crippen LogP contribution in [0.3, 0.4) is 0 Å². The van der Waals surface area contributed by atoms with Crippen LogP contribution in [0.15, 0.2) is 180 Å². The fourth-order valence-electron chi connectivity index (χ4n) is 7.74. The van der Waals surface area contributed by atoms with Gasteiger partial charge in [0.1, 0.15) is 16.9 Å². The van der Waals surface area contributed by atoms with Gasteiger partial charge < -0.3 is 19.2 Å². The smallest absolute Gasteiger partial charge is 0.316 e. The van der Waals surface area contributed by atoms with Gasteiger partial charge >= 0.3 is 11.9 Å².